The van der Waals surface area contributed by atoms with Crippen LogP contribution >= 0.6 is 11.3 Å². The molecule has 0 bridgehead atoms. The summed E-state index contributed by atoms with van der Waals surface area (Å²) in [6.07, 6.45) is 1.69. The molecule has 8 heteroatoms. The number of fused-ring (bicyclic) bond motifs is 1. The van der Waals surface area contributed by atoms with Gasteiger partial charge in [0.1, 0.15) is 6.04 Å². The maximum Gasteiger partial charge on any atom is 0.253 e. The van der Waals surface area contributed by atoms with E-state index >= 15 is 0 Å². The van der Waals surface area contributed by atoms with Gasteiger partial charge in [-0.05, 0) is 84.1 Å². The van der Waals surface area contributed by atoms with Crippen LogP contribution in [0.4, 0.5) is 0 Å². The van der Waals surface area contributed by atoms with E-state index in [1.165, 1.54) is 10.4 Å². The van der Waals surface area contributed by atoms with E-state index in [9.17, 15) is 4.79 Å². The van der Waals surface area contributed by atoms with E-state index in [4.69, 9.17) is 0 Å². The number of nitrogens with zero attached hydrogens (tertiary/aromatic N) is 5. The van der Waals surface area contributed by atoms with Crippen LogP contribution in [0.15, 0.2) is 76.9 Å². The summed E-state index contributed by atoms with van der Waals surface area (Å²) < 4.78 is 1.90. The van der Waals surface area contributed by atoms with Crippen LogP contribution in [0.2, 0.25) is 0 Å². The molecule has 38 heavy (non-hydrogen) atoms. The molecule has 0 aliphatic carbocycles. The first-order chi connectivity index (χ1) is 18.4. The van der Waals surface area contributed by atoms with Crippen LogP contribution in [0.1, 0.15) is 60.6 Å². The Morgan fingerprint density at radius 1 is 1.08 bits per heavy atom. The molecule has 1 N–H and O–H groups in total. The van der Waals surface area contributed by atoms with E-state index < -0.39 is 6.04 Å². The Morgan fingerprint density at radius 2 is 1.89 bits per heavy atom. The van der Waals surface area contributed by atoms with Gasteiger partial charge in [-0.2, -0.15) is 0 Å². The fraction of sp³-hybridized carbons (Fsp3) is 0.333. The van der Waals surface area contributed by atoms with Crippen LogP contribution in [-0.4, -0.2) is 36.6 Å². The van der Waals surface area contributed by atoms with Crippen LogP contribution < -0.4 is 5.56 Å². The number of aryl methyl sites for hydroxylation is 1. The SMILES string of the molecule is CCC(C)(C)n1nnnc1[C@@H](c1cc2ccc(C)cc2[nH]c1=O)N(CCc1ccccc1)Cc1cccs1. The quantitative estimate of drug-likeness (QED) is 0.246. The molecule has 0 unspecified atom stereocenters. The van der Waals surface area contributed by atoms with E-state index in [2.05, 4.69) is 100 Å². The Labute approximate surface area is 227 Å². The molecule has 0 saturated heterocycles. The molecule has 1 atom stereocenters. The van der Waals surface area contributed by atoms with E-state index in [-0.39, 0.29) is 11.1 Å². The van der Waals surface area contributed by atoms with E-state index in [0.29, 0.717) is 17.9 Å². The van der Waals surface area contributed by atoms with Gasteiger partial charge in [-0.1, -0.05) is 55.5 Å². The Balaban J connectivity index is 1.68. The third-order valence-electron chi connectivity index (χ3n) is 7.34. The van der Waals surface area contributed by atoms with Crippen molar-refractivity contribution < 1.29 is 0 Å². The molecule has 5 rings (SSSR count). The molecule has 2 aromatic carbocycles. The molecule has 0 amide bonds. The Bertz CT molecular complexity index is 1550. The normalized spacial score (nSPS) is 12.9. The van der Waals surface area contributed by atoms with Crippen molar-refractivity contribution in [1.82, 2.24) is 30.1 Å². The summed E-state index contributed by atoms with van der Waals surface area (Å²) in [5.74, 6) is 0.679. The molecular weight excluding hydrogens is 492 g/mol. The zero-order valence-electron chi connectivity index (χ0n) is 22.4. The molecule has 0 radical (unpaired) electrons. The summed E-state index contributed by atoms with van der Waals surface area (Å²) in [6, 6.07) is 22.4. The topological polar surface area (TPSA) is 79.7 Å². The number of thiophene rings is 1. The molecule has 0 aliphatic heterocycles. The van der Waals surface area contributed by atoms with E-state index in [1.807, 2.05) is 29.8 Å². The summed E-state index contributed by atoms with van der Waals surface area (Å²) in [5.41, 5.74) is 3.40. The molecule has 0 saturated carbocycles. The highest BCUT2D eigenvalue weighted by Gasteiger charge is 2.34. The first-order valence-electron chi connectivity index (χ1n) is 13.1. The number of aromatic amines is 1. The van der Waals surface area contributed by atoms with Crippen molar-refractivity contribution in [1.29, 1.82) is 0 Å². The average molecular weight is 527 g/mol. The zero-order chi connectivity index (χ0) is 26.7. The molecule has 0 spiro atoms. The van der Waals surface area contributed by atoms with Crippen molar-refractivity contribution in [2.75, 3.05) is 6.54 Å². The van der Waals surface area contributed by atoms with Crippen LogP contribution in [0.5, 0.6) is 0 Å². The summed E-state index contributed by atoms with van der Waals surface area (Å²) in [7, 11) is 0. The standard InChI is InChI=1S/C30H34N6OS/c1-5-30(3,4)36-28(32-33-34-36)27(25-19-23-14-13-21(2)18-26(23)31-29(25)37)35(20-24-12-9-17-38-24)16-15-22-10-7-6-8-11-22/h6-14,17-19,27H,5,15-16,20H2,1-4H3,(H,31,37)/t27-/m1/s1. The molecule has 3 heterocycles. The summed E-state index contributed by atoms with van der Waals surface area (Å²) in [4.78, 5) is 20.5. The van der Waals surface area contributed by atoms with Gasteiger partial charge in [-0.3, -0.25) is 9.69 Å². The molecule has 7 nitrogen and oxygen atoms in total. The Morgan fingerprint density at radius 3 is 2.63 bits per heavy atom. The fourth-order valence-corrected chi connectivity index (χ4v) is 5.53. The van der Waals surface area contributed by atoms with Gasteiger partial charge in [0.15, 0.2) is 5.82 Å². The lowest BCUT2D eigenvalue weighted by atomic mass is 9.98. The van der Waals surface area contributed by atoms with Gasteiger partial charge < -0.3 is 4.98 Å². The number of nitrogens with one attached hydrogen (secondary N) is 1. The first-order valence-corrected chi connectivity index (χ1v) is 14.0. The van der Waals surface area contributed by atoms with Gasteiger partial charge in [0.25, 0.3) is 5.56 Å². The first kappa shape index (κ1) is 26.0. The lowest BCUT2D eigenvalue weighted by Crippen LogP contribution is -2.39. The number of H-pyrrole nitrogens is 1. The minimum absolute atomic E-state index is 0.118. The van der Waals surface area contributed by atoms with Crippen molar-refractivity contribution in [3.63, 3.8) is 0 Å². The maximum atomic E-state index is 13.7. The number of rotatable bonds is 10. The second kappa shape index (κ2) is 11.0. The highest BCUT2D eigenvalue weighted by Crippen LogP contribution is 2.32. The van der Waals surface area contributed by atoms with Crippen LogP contribution in [0.3, 0.4) is 0 Å². The van der Waals surface area contributed by atoms with Crippen molar-refractivity contribution in [3.8, 4) is 0 Å². The van der Waals surface area contributed by atoms with Gasteiger partial charge in [-0.15, -0.1) is 16.4 Å². The highest BCUT2D eigenvalue weighted by molar-refractivity contribution is 7.09. The summed E-state index contributed by atoms with van der Waals surface area (Å²) >= 11 is 1.72. The summed E-state index contributed by atoms with van der Waals surface area (Å²) in [5, 5.41) is 16.2. The van der Waals surface area contributed by atoms with Gasteiger partial charge in [0, 0.05) is 29.0 Å². The molecule has 0 aliphatic rings. The van der Waals surface area contributed by atoms with Crippen molar-refractivity contribution >= 4 is 22.2 Å². The third kappa shape index (κ3) is 5.47. The van der Waals surface area contributed by atoms with Gasteiger partial charge in [0.2, 0.25) is 0 Å². The monoisotopic (exact) mass is 526 g/mol. The largest absolute Gasteiger partial charge is 0.322 e. The molecule has 196 valence electrons. The molecule has 0 fully saturated rings. The minimum Gasteiger partial charge on any atom is -0.322 e. The van der Waals surface area contributed by atoms with Crippen molar-refractivity contribution in [2.24, 2.45) is 0 Å². The lowest BCUT2D eigenvalue weighted by molar-refractivity contribution is 0.191. The van der Waals surface area contributed by atoms with Gasteiger partial charge in [-0.25, -0.2) is 4.68 Å². The van der Waals surface area contributed by atoms with Gasteiger partial charge in [0.05, 0.1) is 5.54 Å². The second-order valence-electron chi connectivity index (χ2n) is 10.4. The lowest BCUT2D eigenvalue weighted by Gasteiger charge is -2.33. The summed E-state index contributed by atoms with van der Waals surface area (Å²) in [6.45, 7) is 9.83. The number of hydrogen-bond acceptors (Lipinski definition) is 6. The number of benzene rings is 2. The third-order valence-corrected chi connectivity index (χ3v) is 8.20. The highest BCUT2D eigenvalue weighted by atomic mass is 32.1. The Kier molecular flexibility index (Phi) is 7.53. The smallest absolute Gasteiger partial charge is 0.253 e. The second-order valence-corrected chi connectivity index (χ2v) is 11.5. The predicted molar refractivity (Wildman–Crippen MR) is 153 cm³/mol. The molecule has 5 aromatic rings. The van der Waals surface area contributed by atoms with Crippen molar-refractivity contribution in [2.45, 2.75) is 58.7 Å². The maximum absolute atomic E-state index is 13.7. The van der Waals surface area contributed by atoms with E-state index in [1.54, 1.807) is 11.3 Å². The Hall–Kier alpha value is -3.62. The minimum atomic E-state index is -0.434. The number of aromatic nitrogens is 5. The zero-order valence-corrected chi connectivity index (χ0v) is 23.2. The number of pyridine rings is 1. The van der Waals surface area contributed by atoms with E-state index in [0.717, 1.165) is 35.9 Å². The predicted octanol–water partition coefficient (Wildman–Crippen LogP) is 5.86. The van der Waals surface area contributed by atoms with Crippen LogP contribution in [0.25, 0.3) is 10.9 Å². The van der Waals surface area contributed by atoms with Gasteiger partial charge >= 0.3 is 0 Å². The van der Waals surface area contributed by atoms with Crippen molar-refractivity contribution in [3.05, 3.63) is 110 Å². The number of hydrogen-bond donors (Lipinski definition) is 1. The van der Waals surface area contributed by atoms with Crippen LogP contribution in [-0.2, 0) is 18.5 Å². The average Bonchev–Trinajstić information content (AvgIpc) is 3.61. The fourth-order valence-electron chi connectivity index (χ4n) is 4.80. The number of tetrazole rings is 1. The molecular formula is C30H34N6OS. The molecule has 3 aromatic heterocycles. The van der Waals surface area contributed by atoms with Crippen LogP contribution in [0, 0.1) is 6.92 Å².